The smallest absolute Gasteiger partial charge is 0.261 e. The van der Waals surface area contributed by atoms with Gasteiger partial charge in [-0.3, -0.25) is 9.69 Å². The van der Waals surface area contributed by atoms with E-state index in [2.05, 4.69) is 6.92 Å². The van der Waals surface area contributed by atoms with Gasteiger partial charge in [0.15, 0.2) is 6.23 Å². The first-order valence-electron chi connectivity index (χ1n) is 8.45. The van der Waals surface area contributed by atoms with Crippen LogP contribution in [-0.2, 0) is 0 Å². The molecule has 0 bridgehead atoms. The molecule has 2 N–H and O–H groups in total. The third kappa shape index (κ3) is 1.48. The van der Waals surface area contributed by atoms with Gasteiger partial charge in [-0.25, -0.2) is 0 Å². The van der Waals surface area contributed by atoms with Crippen LogP contribution in [0.1, 0.15) is 65.1 Å². The molecule has 0 radical (unpaired) electrons. The number of aliphatic hydroxyl groups is 2. The van der Waals surface area contributed by atoms with E-state index in [1.54, 1.807) is 12.1 Å². The molecule has 4 heteroatoms. The van der Waals surface area contributed by atoms with Crippen LogP contribution in [0.15, 0.2) is 42.5 Å². The van der Waals surface area contributed by atoms with Gasteiger partial charge in [0, 0.05) is 16.5 Å². The van der Waals surface area contributed by atoms with Gasteiger partial charge >= 0.3 is 0 Å². The quantitative estimate of drug-likeness (QED) is 0.847. The molecule has 1 aliphatic heterocycles. The second kappa shape index (κ2) is 4.47. The monoisotopic (exact) mass is 321 g/mol. The van der Waals surface area contributed by atoms with Gasteiger partial charge in [0.1, 0.15) is 0 Å². The van der Waals surface area contributed by atoms with Gasteiger partial charge < -0.3 is 10.2 Å². The minimum Gasteiger partial charge on any atom is -0.388 e. The van der Waals surface area contributed by atoms with E-state index in [-0.39, 0.29) is 17.2 Å². The highest BCUT2D eigenvalue weighted by atomic mass is 16.3. The largest absolute Gasteiger partial charge is 0.388 e. The van der Waals surface area contributed by atoms with E-state index >= 15 is 0 Å². The summed E-state index contributed by atoms with van der Waals surface area (Å²) >= 11 is 0. The van der Waals surface area contributed by atoms with Crippen LogP contribution in [0.2, 0.25) is 0 Å². The van der Waals surface area contributed by atoms with E-state index in [4.69, 9.17) is 0 Å². The van der Waals surface area contributed by atoms with E-state index in [0.29, 0.717) is 11.1 Å². The number of aliphatic hydroxyl groups excluding tert-OH is 2. The topological polar surface area (TPSA) is 60.8 Å². The number of fused-ring (bicyclic) bond motifs is 4. The number of carbonyl (C=O) groups excluding carboxylic acids is 1. The Balaban J connectivity index is 1.68. The highest BCUT2D eigenvalue weighted by Crippen LogP contribution is 2.67. The molecule has 4 unspecified atom stereocenters. The summed E-state index contributed by atoms with van der Waals surface area (Å²) in [4.78, 5) is 14.4. The number of rotatable bonds is 1. The van der Waals surface area contributed by atoms with Gasteiger partial charge in [0.2, 0.25) is 0 Å². The van der Waals surface area contributed by atoms with Gasteiger partial charge in [-0.15, -0.1) is 0 Å². The summed E-state index contributed by atoms with van der Waals surface area (Å²) < 4.78 is 0. The van der Waals surface area contributed by atoms with Gasteiger partial charge in [-0.05, 0) is 42.0 Å². The fraction of sp³-hybridized carbons (Fsp3) is 0.350. The summed E-state index contributed by atoms with van der Waals surface area (Å²) in [5.41, 5.74) is 3.76. The molecule has 4 atom stereocenters. The van der Waals surface area contributed by atoms with Crippen molar-refractivity contribution in [1.29, 1.82) is 0 Å². The maximum Gasteiger partial charge on any atom is 0.261 e. The van der Waals surface area contributed by atoms with E-state index < -0.39 is 12.3 Å². The van der Waals surface area contributed by atoms with Crippen LogP contribution in [0.5, 0.6) is 0 Å². The number of nitrogens with zero attached hydrogens (tertiary/aromatic N) is 1. The number of carbonyl (C=O) groups is 1. The van der Waals surface area contributed by atoms with Crippen molar-refractivity contribution in [3.05, 3.63) is 64.7 Å². The standard InChI is InChI=1S/C20H19NO3/c1-20-10-9-14(20)16-13(17(20)22)7-4-8-15(16)21-18(23)11-5-2-3-6-12(11)19(21)24/h2-8,14,17-18,22-23H,9-10H2,1H3. The average Bonchev–Trinajstić information content (AvgIpc) is 2.91. The summed E-state index contributed by atoms with van der Waals surface area (Å²) in [6.07, 6.45) is 0.541. The lowest BCUT2D eigenvalue weighted by Gasteiger charge is -2.45. The minimum absolute atomic E-state index is 0.140. The van der Waals surface area contributed by atoms with Crippen molar-refractivity contribution in [3.63, 3.8) is 0 Å². The van der Waals surface area contributed by atoms with Crippen molar-refractivity contribution < 1.29 is 15.0 Å². The van der Waals surface area contributed by atoms with E-state index in [9.17, 15) is 15.0 Å². The number of benzene rings is 2. The first-order valence-corrected chi connectivity index (χ1v) is 8.45. The fourth-order valence-corrected chi connectivity index (χ4v) is 4.84. The van der Waals surface area contributed by atoms with Crippen LogP contribution >= 0.6 is 0 Å². The molecule has 122 valence electrons. The maximum atomic E-state index is 12.9. The predicted molar refractivity (Wildman–Crippen MR) is 89.7 cm³/mol. The molecule has 1 saturated carbocycles. The zero-order valence-corrected chi connectivity index (χ0v) is 13.4. The lowest BCUT2D eigenvalue weighted by molar-refractivity contribution is -0.0223. The summed E-state index contributed by atoms with van der Waals surface area (Å²) in [6, 6.07) is 12.9. The highest BCUT2D eigenvalue weighted by molar-refractivity contribution is 6.11. The maximum absolute atomic E-state index is 12.9. The number of hydrogen-bond donors (Lipinski definition) is 2. The number of anilines is 1. The van der Waals surface area contributed by atoms with Gasteiger partial charge in [0.05, 0.1) is 11.8 Å². The van der Waals surface area contributed by atoms with Crippen molar-refractivity contribution >= 4 is 11.6 Å². The lowest BCUT2D eigenvalue weighted by Crippen LogP contribution is -2.36. The lowest BCUT2D eigenvalue weighted by atomic mass is 9.61. The molecule has 24 heavy (non-hydrogen) atoms. The first kappa shape index (κ1) is 14.2. The molecule has 0 aromatic heterocycles. The SMILES string of the molecule is CC12CCC1c1c(cccc1N1C(=O)c3ccccc3C1O)C2O. The average molecular weight is 321 g/mol. The Morgan fingerprint density at radius 3 is 2.54 bits per heavy atom. The van der Waals surface area contributed by atoms with Crippen LogP contribution < -0.4 is 4.90 Å². The van der Waals surface area contributed by atoms with Crippen molar-refractivity contribution in [1.82, 2.24) is 0 Å². The molecule has 5 rings (SSSR count). The van der Waals surface area contributed by atoms with Crippen LogP contribution in [-0.4, -0.2) is 16.1 Å². The van der Waals surface area contributed by atoms with Crippen molar-refractivity contribution in [2.45, 2.75) is 38.0 Å². The summed E-state index contributed by atoms with van der Waals surface area (Å²) in [5, 5.41) is 21.5. The van der Waals surface area contributed by atoms with Crippen LogP contribution in [0.4, 0.5) is 5.69 Å². The van der Waals surface area contributed by atoms with Crippen LogP contribution in [0, 0.1) is 5.41 Å². The van der Waals surface area contributed by atoms with Crippen LogP contribution in [0.3, 0.4) is 0 Å². The molecule has 4 nitrogen and oxygen atoms in total. The van der Waals surface area contributed by atoms with Crippen LogP contribution in [0.25, 0.3) is 0 Å². The molecule has 2 aliphatic carbocycles. The molecule has 1 heterocycles. The Kier molecular flexibility index (Phi) is 2.64. The zero-order valence-electron chi connectivity index (χ0n) is 13.4. The van der Waals surface area contributed by atoms with Crippen molar-refractivity contribution in [3.8, 4) is 0 Å². The number of amides is 1. The summed E-state index contributed by atoms with van der Waals surface area (Å²) in [6.45, 7) is 2.12. The number of hydrogen-bond acceptors (Lipinski definition) is 3. The third-order valence-electron chi connectivity index (χ3n) is 6.34. The normalized spacial score (nSPS) is 33.0. The second-order valence-electron chi connectivity index (χ2n) is 7.42. The summed E-state index contributed by atoms with van der Waals surface area (Å²) in [7, 11) is 0. The Morgan fingerprint density at radius 1 is 1.08 bits per heavy atom. The molecular formula is C20H19NO3. The van der Waals surface area contributed by atoms with Crippen molar-refractivity contribution in [2.75, 3.05) is 4.90 Å². The molecular weight excluding hydrogens is 302 g/mol. The zero-order chi connectivity index (χ0) is 16.6. The molecule has 1 amide bonds. The minimum atomic E-state index is -0.968. The second-order valence-corrected chi connectivity index (χ2v) is 7.42. The highest BCUT2D eigenvalue weighted by Gasteiger charge is 2.57. The molecule has 2 aromatic carbocycles. The van der Waals surface area contributed by atoms with Gasteiger partial charge in [-0.1, -0.05) is 37.3 Å². The Labute approximate surface area is 140 Å². The van der Waals surface area contributed by atoms with Gasteiger partial charge in [-0.2, -0.15) is 0 Å². The molecule has 1 fully saturated rings. The molecule has 0 spiro atoms. The fourth-order valence-electron chi connectivity index (χ4n) is 4.84. The molecule has 2 aromatic rings. The Hall–Kier alpha value is -2.17. The van der Waals surface area contributed by atoms with E-state index in [1.807, 2.05) is 30.3 Å². The van der Waals surface area contributed by atoms with Gasteiger partial charge in [0.25, 0.3) is 5.91 Å². The first-order chi connectivity index (χ1) is 11.5. The van der Waals surface area contributed by atoms with Crippen molar-refractivity contribution in [2.24, 2.45) is 5.41 Å². The summed E-state index contributed by atoms with van der Waals surface area (Å²) in [5.74, 6) is 0.0799. The Bertz CT molecular complexity index is 877. The predicted octanol–water partition coefficient (Wildman–Crippen LogP) is 3.27. The molecule has 0 saturated heterocycles. The van der Waals surface area contributed by atoms with E-state index in [1.165, 1.54) is 4.90 Å². The van der Waals surface area contributed by atoms with E-state index in [0.717, 1.165) is 29.7 Å². The molecule has 3 aliphatic rings. The third-order valence-corrected chi connectivity index (χ3v) is 6.34. The Morgan fingerprint density at radius 2 is 1.83 bits per heavy atom.